The lowest BCUT2D eigenvalue weighted by Crippen LogP contribution is -2.33. The van der Waals surface area contributed by atoms with Crippen LogP contribution in [-0.2, 0) is 11.2 Å². The lowest BCUT2D eigenvalue weighted by molar-refractivity contribution is -0.131. The van der Waals surface area contributed by atoms with Gasteiger partial charge in [-0.1, -0.05) is 28.1 Å². The second-order valence-corrected chi connectivity index (χ2v) is 6.03. The molecule has 1 aliphatic heterocycles. The molecule has 2 nitrogen and oxygen atoms in total. The molecule has 0 saturated carbocycles. The number of rotatable bonds is 3. The minimum absolute atomic E-state index is 0.299. The number of carbonyl (C=O) groups excluding carboxylic acids is 1. The fourth-order valence-electron chi connectivity index (χ4n) is 2.54. The van der Waals surface area contributed by atoms with Crippen molar-refractivity contribution >= 4 is 21.8 Å². The highest BCUT2D eigenvalue weighted by Crippen LogP contribution is 2.22. The van der Waals surface area contributed by atoms with Crippen molar-refractivity contribution < 1.29 is 4.79 Å². The van der Waals surface area contributed by atoms with Gasteiger partial charge in [0.25, 0.3) is 0 Å². The van der Waals surface area contributed by atoms with Crippen LogP contribution in [-0.4, -0.2) is 23.4 Å². The van der Waals surface area contributed by atoms with E-state index in [4.69, 9.17) is 0 Å². The first kappa shape index (κ1) is 13.6. The summed E-state index contributed by atoms with van der Waals surface area (Å²) in [5.41, 5.74) is 2.46. The van der Waals surface area contributed by atoms with Gasteiger partial charge in [-0.05, 0) is 50.3 Å². The number of carbonyl (C=O) groups is 1. The maximum Gasteiger partial charge on any atom is 0.223 e. The van der Waals surface area contributed by atoms with Crippen molar-refractivity contribution in [2.75, 3.05) is 6.54 Å². The molecule has 1 amide bonds. The summed E-state index contributed by atoms with van der Waals surface area (Å²) in [6.45, 7) is 5.16. The quantitative estimate of drug-likeness (QED) is 0.833. The van der Waals surface area contributed by atoms with E-state index in [0.717, 1.165) is 30.3 Å². The van der Waals surface area contributed by atoms with E-state index in [1.807, 2.05) is 4.90 Å². The third kappa shape index (κ3) is 3.14. The third-order valence-electron chi connectivity index (χ3n) is 3.69. The minimum atomic E-state index is 0.299. The highest BCUT2D eigenvalue weighted by molar-refractivity contribution is 9.10. The van der Waals surface area contributed by atoms with Gasteiger partial charge in [-0.25, -0.2) is 0 Å². The van der Waals surface area contributed by atoms with E-state index in [-0.39, 0.29) is 0 Å². The van der Waals surface area contributed by atoms with E-state index < -0.39 is 0 Å². The van der Waals surface area contributed by atoms with Crippen molar-refractivity contribution in [3.63, 3.8) is 0 Å². The Labute approximate surface area is 117 Å². The molecule has 0 aromatic heterocycles. The maximum absolute atomic E-state index is 12.1. The molecule has 1 aromatic rings. The molecule has 0 radical (unpaired) electrons. The molecule has 0 N–H and O–H groups in total. The van der Waals surface area contributed by atoms with Gasteiger partial charge in [-0.3, -0.25) is 4.79 Å². The Balaban J connectivity index is 1.93. The van der Waals surface area contributed by atoms with E-state index in [2.05, 4.69) is 48.0 Å². The number of likely N-dealkylation sites (tertiary alicyclic amines) is 1. The summed E-state index contributed by atoms with van der Waals surface area (Å²) in [4.78, 5) is 14.1. The monoisotopic (exact) mass is 309 g/mol. The molecule has 98 valence electrons. The predicted molar refractivity (Wildman–Crippen MR) is 77.6 cm³/mol. The Bertz CT molecular complexity index is 444. The first-order valence-electron chi connectivity index (χ1n) is 6.62. The fourth-order valence-corrected chi connectivity index (χ4v) is 3.24. The highest BCUT2D eigenvalue weighted by atomic mass is 79.9. The minimum Gasteiger partial charge on any atom is -0.340 e. The van der Waals surface area contributed by atoms with Crippen LogP contribution < -0.4 is 0 Å². The SMILES string of the molecule is Cc1ccc(CCC(=O)N2CCCC2C)c(Br)c1. The second-order valence-electron chi connectivity index (χ2n) is 5.17. The van der Waals surface area contributed by atoms with Gasteiger partial charge in [0.15, 0.2) is 0 Å². The van der Waals surface area contributed by atoms with Crippen LogP contribution in [0.3, 0.4) is 0 Å². The molecular weight excluding hydrogens is 290 g/mol. The van der Waals surface area contributed by atoms with Crippen LogP contribution in [0.25, 0.3) is 0 Å². The van der Waals surface area contributed by atoms with Gasteiger partial charge in [0.2, 0.25) is 5.91 Å². The van der Waals surface area contributed by atoms with E-state index in [0.29, 0.717) is 18.4 Å². The summed E-state index contributed by atoms with van der Waals surface area (Å²) < 4.78 is 1.12. The molecule has 1 heterocycles. The zero-order valence-corrected chi connectivity index (χ0v) is 12.7. The van der Waals surface area contributed by atoms with Gasteiger partial charge in [0, 0.05) is 23.5 Å². The molecule has 0 aliphatic carbocycles. The van der Waals surface area contributed by atoms with Gasteiger partial charge < -0.3 is 4.90 Å². The summed E-state index contributed by atoms with van der Waals surface area (Å²) in [5.74, 6) is 0.299. The molecule has 18 heavy (non-hydrogen) atoms. The topological polar surface area (TPSA) is 20.3 Å². The normalized spacial score (nSPS) is 19.3. The number of nitrogens with zero attached hydrogens (tertiary/aromatic N) is 1. The largest absolute Gasteiger partial charge is 0.340 e. The van der Waals surface area contributed by atoms with Crippen molar-refractivity contribution in [2.45, 2.75) is 45.6 Å². The van der Waals surface area contributed by atoms with Gasteiger partial charge in [0.05, 0.1) is 0 Å². The molecule has 1 unspecified atom stereocenters. The summed E-state index contributed by atoms with van der Waals surface area (Å²) in [5, 5.41) is 0. The van der Waals surface area contributed by atoms with Crippen molar-refractivity contribution in [1.29, 1.82) is 0 Å². The standard InChI is InChI=1S/C15H20BrNO/c1-11-5-6-13(14(16)10-11)7-8-15(18)17-9-3-4-12(17)2/h5-6,10,12H,3-4,7-9H2,1-2H3. The van der Waals surface area contributed by atoms with Crippen LogP contribution in [0.5, 0.6) is 0 Å². The van der Waals surface area contributed by atoms with Crippen LogP contribution in [0.4, 0.5) is 0 Å². The number of hydrogen-bond acceptors (Lipinski definition) is 1. The van der Waals surface area contributed by atoms with Gasteiger partial charge in [-0.15, -0.1) is 0 Å². The van der Waals surface area contributed by atoms with E-state index in [1.165, 1.54) is 11.1 Å². The molecule has 1 aromatic carbocycles. The summed E-state index contributed by atoms with van der Waals surface area (Å²) >= 11 is 3.57. The predicted octanol–water partition coefficient (Wildman–Crippen LogP) is 3.70. The molecule has 3 heteroatoms. The van der Waals surface area contributed by atoms with Crippen LogP contribution >= 0.6 is 15.9 Å². The van der Waals surface area contributed by atoms with E-state index >= 15 is 0 Å². The number of benzene rings is 1. The summed E-state index contributed by atoms with van der Waals surface area (Å²) in [7, 11) is 0. The molecule has 0 spiro atoms. The Morgan fingerprint density at radius 1 is 1.50 bits per heavy atom. The smallest absolute Gasteiger partial charge is 0.223 e. The average molecular weight is 310 g/mol. The van der Waals surface area contributed by atoms with Crippen molar-refractivity contribution in [3.05, 3.63) is 33.8 Å². The van der Waals surface area contributed by atoms with Crippen molar-refractivity contribution in [3.8, 4) is 0 Å². The molecular formula is C15H20BrNO. The van der Waals surface area contributed by atoms with Crippen LogP contribution in [0.1, 0.15) is 37.3 Å². The Morgan fingerprint density at radius 2 is 2.28 bits per heavy atom. The Morgan fingerprint density at radius 3 is 2.89 bits per heavy atom. The van der Waals surface area contributed by atoms with Crippen LogP contribution in [0.2, 0.25) is 0 Å². The molecule has 0 bridgehead atoms. The zero-order valence-electron chi connectivity index (χ0n) is 11.1. The number of aryl methyl sites for hydroxylation is 2. The highest BCUT2D eigenvalue weighted by Gasteiger charge is 2.24. The number of halogens is 1. The first-order chi connectivity index (χ1) is 8.58. The van der Waals surface area contributed by atoms with Gasteiger partial charge >= 0.3 is 0 Å². The third-order valence-corrected chi connectivity index (χ3v) is 4.43. The first-order valence-corrected chi connectivity index (χ1v) is 7.41. The molecule has 2 rings (SSSR count). The molecule has 1 aliphatic rings. The lowest BCUT2D eigenvalue weighted by Gasteiger charge is -2.21. The average Bonchev–Trinajstić information content (AvgIpc) is 2.74. The number of amides is 1. The van der Waals surface area contributed by atoms with Crippen molar-refractivity contribution in [1.82, 2.24) is 4.90 Å². The molecule has 1 fully saturated rings. The zero-order chi connectivity index (χ0) is 13.1. The molecule has 1 saturated heterocycles. The van der Waals surface area contributed by atoms with Gasteiger partial charge in [0.1, 0.15) is 0 Å². The summed E-state index contributed by atoms with van der Waals surface area (Å²) in [6, 6.07) is 6.75. The van der Waals surface area contributed by atoms with Crippen LogP contribution in [0, 0.1) is 6.92 Å². The summed E-state index contributed by atoms with van der Waals surface area (Å²) in [6.07, 6.45) is 3.75. The van der Waals surface area contributed by atoms with Gasteiger partial charge in [-0.2, -0.15) is 0 Å². The molecule has 1 atom stereocenters. The maximum atomic E-state index is 12.1. The lowest BCUT2D eigenvalue weighted by atomic mass is 10.1. The van der Waals surface area contributed by atoms with E-state index in [1.54, 1.807) is 0 Å². The van der Waals surface area contributed by atoms with E-state index in [9.17, 15) is 4.79 Å². The van der Waals surface area contributed by atoms with Crippen molar-refractivity contribution in [2.24, 2.45) is 0 Å². The fraction of sp³-hybridized carbons (Fsp3) is 0.533. The van der Waals surface area contributed by atoms with Crippen LogP contribution in [0.15, 0.2) is 22.7 Å². The Kier molecular flexibility index (Phi) is 4.44. The number of hydrogen-bond donors (Lipinski definition) is 0. The Hall–Kier alpha value is -0.830. The second kappa shape index (κ2) is 5.87.